The summed E-state index contributed by atoms with van der Waals surface area (Å²) in [6, 6.07) is 18.1. The third kappa shape index (κ3) is 4.99. The van der Waals surface area contributed by atoms with Gasteiger partial charge in [-0.2, -0.15) is 0 Å². The summed E-state index contributed by atoms with van der Waals surface area (Å²) in [5.41, 5.74) is 2.28. The zero-order valence-corrected chi connectivity index (χ0v) is 15.4. The Bertz CT molecular complexity index is 697. The highest BCUT2D eigenvalue weighted by Gasteiger charge is 2.19. The molecule has 138 valence electrons. The maximum Gasteiger partial charge on any atom is 0.221 e. The lowest BCUT2D eigenvalue weighted by Gasteiger charge is -2.36. The van der Waals surface area contributed by atoms with Gasteiger partial charge in [-0.3, -0.25) is 9.69 Å². The Morgan fingerprint density at radius 1 is 1.00 bits per heavy atom. The van der Waals surface area contributed by atoms with Crippen LogP contribution in [0.4, 0.5) is 5.69 Å². The second-order valence-electron chi connectivity index (χ2n) is 6.51. The van der Waals surface area contributed by atoms with Crippen LogP contribution in [-0.4, -0.2) is 50.6 Å². The van der Waals surface area contributed by atoms with Crippen molar-refractivity contribution in [1.82, 2.24) is 10.2 Å². The molecule has 1 fully saturated rings. The Kier molecular flexibility index (Phi) is 6.50. The van der Waals surface area contributed by atoms with Gasteiger partial charge in [0.05, 0.1) is 12.8 Å². The summed E-state index contributed by atoms with van der Waals surface area (Å²) >= 11 is 0. The Hall–Kier alpha value is -2.53. The zero-order chi connectivity index (χ0) is 18.2. The van der Waals surface area contributed by atoms with Crippen molar-refractivity contribution in [3.63, 3.8) is 0 Å². The molecule has 5 nitrogen and oxygen atoms in total. The van der Waals surface area contributed by atoms with Crippen molar-refractivity contribution in [2.75, 3.05) is 44.7 Å². The van der Waals surface area contributed by atoms with Crippen LogP contribution in [0.3, 0.4) is 0 Å². The fourth-order valence-corrected chi connectivity index (χ4v) is 3.25. The van der Waals surface area contributed by atoms with Crippen molar-refractivity contribution >= 4 is 11.6 Å². The van der Waals surface area contributed by atoms with Crippen molar-refractivity contribution < 1.29 is 9.53 Å². The minimum absolute atomic E-state index is 0.112. The van der Waals surface area contributed by atoms with E-state index in [-0.39, 0.29) is 5.91 Å². The van der Waals surface area contributed by atoms with E-state index in [1.54, 1.807) is 7.11 Å². The Balaban J connectivity index is 1.39. The van der Waals surface area contributed by atoms with E-state index in [9.17, 15) is 4.79 Å². The smallest absolute Gasteiger partial charge is 0.221 e. The first-order chi connectivity index (χ1) is 12.8. The molecule has 1 aliphatic heterocycles. The normalized spacial score (nSPS) is 14.9. The van der Waals surface area contributed by atoms with Crippen LogP contribution in [-0.2, 0) is 11.3 Å². The molecule has 0 atom stereocenters. The summed E-state index contributed by atoms with van der Waals surface area (Å²) in [4.78, 5) is 16.8. The molecule has 5 heteroatoms. The fraction of sp³-hybridized carbons (Fsp3) is 0.381. The topological polar surface area (TPSA) is 44.8 Å². The van der Waals surface area contributed by atoms with E-state index in [0.29, 0.717) is 13.0 Å². The zero-order valence-electron chi connectivity index (χ0n) is 15.4. The molecule has 0 unspecified atom stereocenters. The Labute approximate surface area is 155 Å². The molecule has 0 bridgehead atoms. The maximum absolute atomic E-state index is 12.1. The van der Waals surface area contributed by atoms with Crippen LogP contribution in [0.5, 0.6) is 5.75 Å². The van der Waals surface area contributed by atoms with Gasteiger partial charge in [0.1, 0.15) is 5.75 Å². The Morgan fingerprint density at radius 2 is 1.69 bits per heavy atom. The minimum atomic E-state index is 0.112. The molecule has 0 saturated carbocycles. The van der Waals surface area contributed by atoms with E-state index in [0.717, 1.165) is 49.7 Å². The molecule has 1 heterocycles. The molecule has 2 aromatic carbocycles. The van der Waals surface area contributed by atoms with E-state index < -0.39 is 0 Å². The van der Waals surface area contributed by atoms with Gasteiger partial charge in [0.15, 0.2) is 0 Å². The summed E-state index contributed by atoms with van der Waals surface area (Å²) in [5, 5.41) is 3.00. The van der Waals surface area contributed by atoms with Crippen molar-refractivity contribution in [2.24, 2.45) is 0 Å². The highest BCUT2D eigenvalue weighted by atomic mass is 16.5. The van der Waals surface area contributed by atoms with Gasteiger partial charge in [0, 0.05) is 45.7 Å². The molecular formula is C21H27N3O2. The van der Waals surface area contributed by atoms with E-state index in [1.165, 1.54) is 0 Å². The van der Waals surface area contributed by atoms with Crippen LogP contribution in [0, 0.1) is 0 Å². The molecule has 0 spiro atoms. The van der Waals surface area contributed by atoms with Gasteiger partial charge in [0.25, 0.3) is 0 Å². The second-order valence-corrected chi connectivity index (χ2v) is 6.51. The number of methoxy groups -OCH3 is 1. The summed E-state index contributed by atoms with van der Waals surface area (Å²) in [6.07, 6.45) is 0.543. The molecule has 3 rings (SSSR count). The first-order valence-corrected chi connectivity index (χ1v) is 9.17. The third-order valence-corrected chi connectivity index (χ3v) is 4.79. The van der Waals surface area contributed by atoms with Gasteiger partial charge >= 0.3 is 0 Å². The number of carbonyl (C=O) groups excluding carboxylic acids is 1. The predicted octanol–water partition coefficient (Wildman–Crippen LogP) is 2.52. The number of carbonyl (C=O) groups is 1. The van der Waals surface area contributed by atoms with Gasteiger partial charge in [0.2, 0.25) is 5.91 Å². The molecular weight excluding hydrogens is 326 g/mol. The van der Waals surface area contributed by atoms with E-state index in [1.807, 2.05) is 48.5 Å². The van der Waals surface area contributed by atoms with E-state index in [4.69, 9.17) is 4.74 Å². The molecule has 26 heavy (non-hydrogen) atoms. The average Bonchev–Trinajstić information content (AvgIpc) is 2.72. The average molecular weight is 353 g/mol. The van der Waals surface area contributed by atoms with Gasteiger partial charge in [-0.1, -0.05) is 42.5 Å². The summed E-state index contributed by atoms with van der Waals surface area (Å²) < 4.78 is 5.46. The van der Waals surface area contributed by atoms with Crippen LogP contribution >= 0.6 is 0 Å². The monoisotopic (exact) mass is 353 g/mol. The van der Waals surface area contributed by atoms with Gasteiger partial charge < -0.3 is 15.0 Å². The van der Waals surface area contributed by atoms with Crippen molar-refractivity contribution in [1.29, 1.82) is 0 Å². The van der Waals surface area contributed by atoms with Crippen LogP contribution in [0.1, 0.15) is 12.0 Å². The number of piperazine rings is 1. The molecule has 1 amide bonds. The van der Waals surface area contributed by atoms with Crippen LogP contribution < -0.4 is 15.0 Å². The van der Waals surface area contributed by atoms with Crippen molar-refractivity contribution in [3.8, 4) is 5.75 Å². The second kappa shape index (κ2) is 9.25. The van der Waals surface area contributed by atoms with Gasteiger partial charge in [-0.15, -0.1) is 0 Å². The number of para-hydroxylation sites is 2. The highest BCUT2D eigenvalue weighted by molar-refractivity contribution is 5.76. The van der Waals surface area contributed by atoms with Crippen LogP contribution in [0.25, 0.3) is 0 Å². The van der Waals surface area contributed by atoms with Crippen molar-refractivity contribution in [2.45, 2.75) is 13.0 Å². The van der Waals surface area contributed by atoms with Gasteiger partial charge in [-0.25, -0.2) is 0 Å². The third-order valence-electron chi connectivity index (χ3n) is 4.79. The van der Waals surface area contributed by atoms with Crippen LogP contribution in [0.15, 0.2) is 54.6 Å². The molecule has 1 saturated heterocycles. The van der Waals surface area contributed by atoms with Crippen LogP contribution in [0.2, 0.25) is 0 Å². The number of hydrogen-bond acceptors (Lipinski definition) is 4. The summed E-state index contributed by atoms with van der Waals surface area (Å²) in [5.74, 6) is 1.03. The number of ether oxygens (including phenoxy) is 1. The van der Waals surface area contributed by atoms with Crippen molar-refractivity contribution in [3.05, 3.63) is 60.2 Å². The lowest BCUT2D eigenvalue weighted by molar-refractivity contribution is -0.121. The minimum Gasteiger partial charge on any atom is -0.495 e. The SMILES string of the molecule is COc1ccccc1N1CCN(CCC(=O)NCc2ccccc2)CC1. The number of nitrogens with one attached hydrogen (secondary N) is 1. The number of amides is 1. The maximum atomic E-state index is 12.1. The number of benzene rings is 2. The molecule has 0 radical (unpaired) electrons. The molecule has 1 N–H and O–H groups in total. The lowest BCUT2D eigenvalue weighted by Crippen LogP contribution is -2.47. The predicted molar refractivity (Wildman–Crippen MR) is 105 cm³/mol. The molecule has 0 aliphatic carbocycles. The first-order valence-electron chi connectivity index (χ1n) is 9.17. The quantitative estimate of drug-likeness (QED) is 0.831. The molecule has 1 aliphatic rings. The number of nitrogens with zero attached hydrogens (tertiary/aromatic N) is 2. The fourth-order valence-electron chi connectivity index (χ4n) is 3.25. The lowest BCUT2D eigenvalue weighted by atomic mass is 10.2. The number of anilines is 1. The van der Waals surface area contributed by atoms with Gasteiger partial charge in [-0.05, 0) is 17.7 Å². The molecule has 0 aromatic heterocycles. The largest absolute Gasteiger partial charge is 0.495 e. The highest BCUT2D eigenvalue weighted by Crippen LogP contribution is 2.28. The number of rotatable bonds is 7. The van der Waals surface area contributed by atoms with E-state index >= 15 is 0 Å². The molecule has 2 aromatic rings. The van der Waals surface area contributed by atoms with E-state index in [2.05, 4.69) is 21.2 Å². The summed E-state index contributed by atoms with van der Waals surface area (Å²) in [7, 11) is 1.71. The standard InChI is InChI=1S/C21H27N3O2/c1-26-20-10-6-5-9-19(20)24-15-13-23(14-16-24)12-11-21(25)22-17-18-7-3-2-4-8-18/h2-10H,11-17H2,1H3,(H,22,25). The number of hydrogen-bond donors (Lipinski definition) is 1. The summed E-state index contributed by atoms with van der Waals surface area (Å²) in [6.45, 7) is 5.23. The first kappa shape index (κ1) is 18.3. The Morgan fingerprint density at radius 3 is 2.42 bits per heavy atom.